The number of benzene rings is 2. The molecular formula is C26H33N3O3. The van der Waals surface area contributed by atoms with E-state index in [4.69, 9.17) is 9.47 Å². The van der Waals surface area contributed by atoms with Crippen LogP contribution in [0.4, 0.5) is 0 Å². The molecule has 0 saturated heterocycles. The highest BCUT2D eigenvalue weighted by Crippen LogP contribution is 2.22. The molecule has 2 aromatic carbocycles. The molecule has 3 rings (SSSR count). The van der Waals surface area contributed by atoms with Gasteiger partial charge in [-0.1, -0.05) is 42.5 Å². The minimum Gasteiger partial charge on any atom is -0.496 e. The van der Waals surface area contributed by atoms with E-state index in [0.717, 1.165) is 29.0 Å². The molecule has 32 heavy (non-hydrogen) atoms. The number of aromatic nitrogens is 2. The fourth-order valence-electron chi connectivity index (χ4n) is 3.83. The zero-order chi connectivity index (χ0) is 23.1. The summed E-state index contributed by atoms with van der Waals surface area (Å²) in [6, 6.07) is 17.9. The maximum atomic E-state index is 12.8. The van der Waals surface area contributed by atoms with Crippen LogP contribution in [0, 0.1) is 0 Å². The first-order valence-corrected chi connectivity index (χ1v) is 11.1. The summed E-state index contributed by atoms with van der Waals surface area (Å²) in [7, 11) is 3.45. The number of carbonyl (C=O) groups is 1. The lowest BCUT2D eigenvalue weighted by atomic mass is 10.0. The van der Waals surface area contributed by atoms with Gasteiger partial charge in [-0.2, -0.15) is 5.10 Å². The number of carbonyl (C=O) groups excluding carboxylic acids is 1. The molecule has 1 N–H and O–H groups in total. The predicted octanol–water partition coefficient (Wildman–Crippen LogP) is 4.42. The van der Waals surface area contributed by atoms with Crippen LogP contribution in [0.25, 0.3) is 11.3 Å². The van der Waals surface area contributed by atoms with Crippen LogP contribution in [0.5, 0.6) is 5.75 Å². The highest BCUT2D eigenvalue weighted by Gasteiger charge is 2.15. The summed E-state index contributed by atoms with van der Waals surface area (Å²) < 4.78 is 13.0. The van der Waals surface area contributed by atoms with Crippen LogP contribution in [0.1, 0.15) is 42.4 Å². The molecule has 1 aromatic heterocycles. The van der Waals surface area contributed by atoms with Crippen LogP contribution in [0.2, 0.25) is 0 Å². The van der Waals surface area contributed by atoms with Gasteiger partial charge in [-0.25, -0.2) is 0 Å². The molecule has 0 fully saturated rings. The van der Waals surface area contributed by atoms with E-state index in [2.05, 4.69) is 29.5 Å². The van der Waals surface area contributed by atoms with E-state index >= 15 is 0 Å². The van der Waals surface area contributed by atoms with Gasteiger partial charge >= 0.3 is 0 Å². The van der Waals surface area contributed by atoms with Crippen LogP contribution >= 0.6 is 0 Å². The smallest absolute Gasteiger partial charge is 0.269 e. The van der Waals surface area contributed by atoms with Crippen molar-refractivity contribution in [3.05, 3.63) is 71.4 Å². The van der Waals surface area contributed by atoms with Crippen LogP contribution < -0.4 is 10.1 Å². The second kappa shape index (κ2) is 11.0. The maximum Gasteiger partial charge on any atom is 0.269 e. The Balaban J connectivity index is 1.62. The Labute approximate surface area is 190 Å². The lowest BCUT2D eigenvalue weighted by Gasteiger charge is -2.17. The molecule has 0 aliphatic heterocycles. The monoisotopic (exact) mass is 435 g/mol. The number of nitrogens with one attached hydrogen (secondary N) is 1. The van der Waals surface area contributed by atoms with Gasteiger partial charge in [-0.05, 0) is 56.9 Å². The molecule has 6 heteroatoms. The van der Waals surface area contributed by atoms with Crippen LogP contribution in [-0.2, 0) is 24.6 Å². The zero-order valence-corrected chi connectivity index (χ0v) is 19.6. The Morgan fingerprint density at radius 3 is 2.53 bits per heavy atom. The van der Waals surface area contributed by atoms with Crippen molar-refractivity contribution < 1.29 is 14.3 Å². The van der Waals surface area contributed by atoms with Gasteiger partial charge in [0.15, 0.2) is 0 Å². The normalized spacial score (nSPS) is 12.1. The average molecular weight is 436 g/mol. The molecule has 1 heterocycles. The summed E-state index contributed by atoms with van der Waals surface area (Å²) in [5.41, 5.74) is 4.56. The summed E-state index contributed by atoms with van der Waals surface area (Å²) in [5, 5.41) is 7.49. The van der Waals surface area contributed by atoms with Gasteiger partial charge in [0.2, 0.25) is 0 Å². The van der Waals surface area contributed by atoms with Crippen molar-refractivity contribution >= 4 is 5.91 Å². The van der Waals surface area contributed by atoms with Gasteiger partial charge in [0.1, 0.15) is 11.4 Å². The Morgan fingerprint density at radius 1 is 1.09 bits per heavy atom. The number of hydrogen-bond donors (Lipinski definition) is 1. The minimum atomic E-state index is -0.142. The molecule has 3 aromatic rings. The Kier molecular flexibility index (Phi) is 8.06. The summed E-state index contributed by atoms with van der Waals surface area (Å²) in [4.78, 5) is 12.8. The van der Waals surface area contributed by atoms with E-state index in [0.29, 0.717) is 18.7 Å². The number of ether oxygens (including phenoxy) is 2. The van der Waals surface area contributed by atoms with E-state index in [1.165, 1.54) is 5.56 Å². The number of hydrogen-bond acceptors (Lipinski definition) is 4. The molecule has 1 atom stereocenters. The Bertz CT molecular complexity index is 1030. The molecule has 0 aliphatic rings. The van der Waals surface area contributed by atoms with Gasteiger partial charge in [0.05, 0.1) is 25.0 Å². The molecule has 6 nitrogen and oxygen atoms in total. The molecule has 0 aliphatic carbocycles. The van der Waals surface area contributed by atoms with Crippen LogP contribution in [0.3, 0.4) is 0 Å². The van der Waals surface area contributed by atoms with E-state index in [1.807, 2.05) is 56.3 Å². The van der Waals surface area contributed by atoms with Crippen molar-refractivity contribution in [1.82, 2.24) is 15.1 Å². The van der Waals surface area contributed by atoms with Crippen molar-refractivity contribution in [2.24, 2.45) is 7.05 Å². The van der Waals surface area contributed by atoms with Gasteiger partial charge in [0, 0.05) is 19.2 Å². The fourth-order valence-corrected chi connectivity index (χ4v) is 3.83. The Hall–Kier alpha value is -3.12. The second-order valence-electron chi connectivity index (χ2n) is 8.26. The third-order valence-electron chi connectivity index (χ3n) is 5.23. The lowest BCUT2D eigenvalue weighted by molar-refractivity contribution is 0.0195. The molecule has 0 spiro atoms. The van der Waals surface area contributed by atoms with Crippen molar-refractivity contribution in [3.63, 3.8) is 0 Å². The highest BCUT2D eigenvalue weighted by molar-refractivity contribution is 5.93. The molecular weight excluding hydrogens is 402 g/mol. The number of aryl methyl sites for hydroxylation is 1. The Morgan fingerprint density at radius 2 is 1.84 bits per heavy atom. The highest BCUT2D eigenvalue weighted by atomic mass is 16.5. The van der Waals surface area contributed by atoms with Crippen molar-refractivity contribution in [3.8, 4) is 17.0 Å². The quantitative estimate of drug-likeness (QED) is 0.512. The third kappa shape index (κ3) is 6.20. The van der Waals surface area contributed by atoms with E-state index in [9.17, 15) is 4.79 Å². The topological polar surface area (TPSA) is 65.4 Å². The average Bonchev–Trinajstić information content (AvgIpc) is 3.15. The molecule has 0 saturated carbocycles. The fraction of sp³-hybridized carbons (Fsp3) is 0.385. The first kappa shape index (κ1) is 23.5. The summed E-state index contributed by atoms with van der Waals surface area (Å²) in [5.74, 6) is 0.684. The first-order valence-electron chi connectivity index (χ1n) is 11.1. The van der Waals surface area contributed by atoms with E-state index in [1.54, 1.807) is 18.8 Å². The van der Waals surface area contributed by atoms with Crippen molar-refractivity contribution in [2.75, 3.05) is 13.7 Å². The van der Waals surface area contributed by atoms with E-state index < -0.39 is 0 Å². The summed E-state index contributed by atoms with van der Waals surface area (Å²) in [6.45, 7) is 6.68. The molecule has 1 amide bonds. The SMILES string of the molecule is COc1ccc(CC(C)OC(C)C)cc1CCNC(=O)c1cc(-c2ccccc2)nn1C. The van der Waals surface area contributed by atoms with Gasteiger partial charge in [0.25, 0.3) is 5.91 Å². The largest absolute Gasteiger partial charge is 0.496 e. The predicted molar refractivity (Wildman–Crippen MR) is 127 cm³/mol. The first-order chi connectivity index (χ1) is 15.4. The minimum absolute atomic E-state index is 0.139. The standard InChI is InChI=1S/C26H33N3O3/c1-18(2)32-19(3)15-20-11-12-25(31-5)22(16-20)13-14-27-26(30)24-17-23(28-29(24)4)21-9-7-6-8-10-21/h6-12,16-19H,13-15H2,1-5H3,(H,27,30). The van der Waals surface area contributed by atoms with Crippen LogP contribution in [0.15, 0.2) is 54.6 Å². The van der Waals surface area contributed by atoms with Gasteiger partial charge < -0.3 is 14.8 Å². The second-order valence-corrected chi connectivity index (χ2v) is 8.26. The number of amides is 1. The summed E-state index contributed by atoms with van der Waals surface area (Å²) in [6.07, 6.45) is 1.84. The maximum absolute atomic E-state index is 12.8. The van der Waals surface area contributed by atoms with Crippen molar-refractivity contribution in [1.29, 1.82) is 0 Å². The number of methoxy groups -OCH3 is 1. The van der Waals surface area contributed by atoms with Crippen molar-refractivity contribution in [2.45, 2.75) is 45.8 Å². The lowest BCUT2D eigenvalue weighted by Crippen LogP contribution is -2.27. The number of nitrogens with zero attached hydrogens (tertiary/aromatic N) is 2. The third-order valence-corrected chi connectivity index (χ3v) is 5.23. The van der Waals surface area contributed by atoms with Gasteiger partial charge in [-0.15, -0.1) is 0 Å². The molecule has 170 valence electrons. The van der Waals surface area contributed by atoms with E-state index in [-0.39, 0.29) is 18.1 Å². The summed E-state index contributed by atoms with van der Waals surface area (Å²) >= 11 is 0. The number of rotatable bonds is 10. The van der Waals surface area contributed by atoms with Gasteiger partial charge in [-0.3, -0.25) is 9.48 Å². The zero-order valence-electron chi connectivity index (χ0n) is 19.6. The molecule has 0 radical (unpaired) electrons. The molecule has 0 bridgehead atoms. The molecule has 1 unspecified atom stereocenters. The van der Waals surface area contributed by atoms with Crippen LogP contribution in [-0.4, -0.2) is 41.6 Å².